The van der Waals surface area contributed by atoms with E-state index in [1.807, 2.05) is 6.20 Å². The zero-order valence-corrected chi connectivity index (χ0v) is 10.9. The van der Waals surface area contributed by atoms with Crippen molar-refractivity contribution < 1.29 is 4.74 Å². The maximum Gasteiger partial charge on any atom is 0.0762 e. The van der Waals surface area contributed by atoms with E-state index in [0.29, 0.717) is 6.10 Å². The number of nitrogens with one attached hydrogen (secondary N) is 1. The first kappa shape index (κ1) is 11.9. The highest BCUT2D eigenvalue weighted by Crippen LogP contribution is 2.23. The van der Waals surface area contributed by atoms with E-state index in [2.05, 4.69) is 27.3 Å². The van der Waals surface area contributed by atoms with E-state index in [1.54, 1.807) is 7.11 Å². The van der Waals surface area contributed by atoms with Crippen molar-refractivity contribution in [3.63, 3.8) is 0 Å². The molecule has 4 nitrogen and oxygen atoms in total. The molecule has 2 aliphatic rings. The molecule has 98 valence electrons. The summed E-state index contributed by atoms with van der Waals surface area (Å²) in [6, 6.07) is 5.03. The quantitative estimate of drug-likeness (QED) is 0.857. The van der Waals surface area contributed by atoms with Gasteiger partial charge >= 0.3 is 0 Å². The van der Waals surface area contributed by atoms with Gasteiger partial charge in [0.05, 0.1) is 11.8 Å². The summed E-state index contributed by atoms with van der Waals surface area (Å²) in [7, 11) is 1.80. The standard InChI is InChI=1S/C14H21N3O/c1-18-14-5-7-17(10-14)13-4-6-15-12(8-13)9-16-11-2-3-11/h4,6,8,11,14,16H,2-3,5,7,9-10H2,1H3. The lowest BCUT2D eigenvalue weighted by atomic mass is 10.3. The molecule has 1 saturated carbocycles. The molecule has 1 aliphatic heterocycles. The van der Waals surface area contributed by atoms with E-state index in [4.69, 9.17) is 4.74 Å². The summed E-state index contributed by atoms with van der Waals surface area (Å²) in [6.45, 7) is 2.97. The van der Waals surface area contributed by atoms with Gasteiger partial charge in [0.25, 0.3) is 0 Å². The van der Waals surface area contributed by atoms with Crippen LogP contribution in [0.15, 0.2) is 18.3 Å². The molecule has 1 unspecified atom stereocenters. The number of rotatable bonds is 5. The number of pyridine rings is 1. The predicted octanol–water partition coefficient (Wildman–Crippen LogP) is 1.56. The Labute approximate surface area is 108 Å². The van der Waals surface area contributed by atoms with Crippen molar-refractivity contribution in [2.75, 3.05) is 25.1 Å². The first-order chi connectivity index (χ1) is 8.85. The Balaban J connectivity index is 1.62. The molecule has 2 fully saturated rings. The van der Waals surface area contributed by atoms with E-state index in [9.17, 15) is 0 Å². The van der Waals surface area contributed by atoms with Gasteiger partial charge in [-0.1, -0.05) is 0 Å². The van der Waals surface area contributed by atoms with Crippen molar-refractivity contribution in [3.8, 4) is 0 Å². The lowest BCUT2D eigenvalue weighted by Gasteiger charge is -2.18. The van der Waals surface area contributed by atoms with Crippen molar-refractivity contribution in [1.82, 2.24) is 10.3 Å². The first-order valence-corrected chi connectivity index (χ1v) is 6.81. The van der Waals surface area contributed by atoms with Gasteiger partial charge in [-0.25, -0.2) is 0 Å². The van der Waals surface area contributed by atoms with E-state index >= 15 is 0 Å². The van der Waals surface area contributed by atoms with Crippen molar-refractivity contribution in [1.29, 1.82) is 0 Å². The van der Waals surface area contributed by atoms with Gasteiger partial charge in [0.1, 0.15) is 0 Å². The Kier molecular flexibility index (Phi) is 3.48. The van der Waals surface area contributed by atoms with Crippen LogP contribution < -0.4 is 10.2 Å². The Hall–Kier alpha value is -1.13. The normalized spacial score (nSPS) is 23.6. The monoisotopic (exact) mass is 247 g/mol. The molecule has 1 aromatic rings. The maximum atomic E-state index is 5.41. The molecule has 1 aromatic heterocycles. The highest BCUT2D eigenvalue weighted by atomic mass is 16.5. The second-order valence-electron chi connectivity index (χ2n) is 5.25. The highest BCUT2D eigenvalue weighted by molar-refractivity contribution is 5.47. The molecular formula is C14H21N3O. The average molecular weight is 247 g/mol. The van der Waals surface area contributed by atoms with Crippen LogP contribution in [0.25, 0.3) is 0 Å². The molecule has 1 N–H and O–H groups in total. The number of methoxy groups -OCH3 is 1. The van der Waals surface area contributed by atoms with E-state index < -0.39 is 0 Å². The van der Waals surface area contributed by atoms with Crippen molar-refractivity contribution in [2.45, 2.75) is 38.0 Å². The molecule has 0 bridgehead atoms. The van der Waals surface area contributed by atoms with Gasteiger partial charge in [-0.05, 0) is 31.4 Å². The Morgan fingerprint density at radius 2 is 2.33 bits per heavy atom. The molecular weight excluding hydrogens is 226 g/mol. The third kappa shape index (κ3) is 2.82. The second-order valence-corrected chi connectivity index (χ2v) is 5.25. The van der Waals surface area contributed by atoms with Crippen LogP contribution in [0.2, 0.25) is 0 Å². The van der Waals surface area contributed by atoms with Crippen LogP contribution in [-0.2, 0) is 11.3 Å². The molecule has 2 heterocycles. The Morgan fingerprint density at radius 1 is 1.44 bits per heavy atom. The number of ether oxygens (including phenoxy) is 1. The average Bonchev–Trinajstić information content (AvgIpc) is 3.12. The van der Waals surface area contributed by atoms with Crippen LogP contribution in [0.4, 0.5) is 5.69 Å². The molecule has 1 saturated heterocycles. The summed E-state index contributed by atoms with van der Waals surface area (Å²) in [5.74, 6) is 0. The minimum absolute atomic E-state index is 0.381. The molecule has 0 aromatic carbocycles. The first-order valence-electron chi connectivity index (χ1n) is 6.81. The number of nitrogens with zero attached hydrogens (tertiary/aromatic N) is 2. The summed E-state index contributed by atoms with van der Waals surface area (Å²) in [4.78, 5) is 6.81. The van der Waals surface area contributed by atoms with E-state index in [1.165, 1.54) is 18.5 Å². The minimum Gasteiger partial charge on any atom is -0.380 e. The third-order valence-corrected chi connectivity index (χ3v) is 3.79. The molecule has 1 aliphatic carbocycles. The van der Waals surface area contributed by atoms with Gasteiger partial charge in [-0.3, -0.25) is 4.98 Å². The fraction of sp³-hybridized carbons (Fsp3) is 0.643. The molecule has 18 heavy (non-hydrogen) atoms. The lowest BCUT2D eigenvalue weighted by Crippen LogP contribution is -2.23. The van der Waals surface area contributed by atoms with Crippen LogP contribution in [-0.4, -0.2) is 37.3 Å². The van der Waals surface area contributed by atoms with Crippen molar-refractivity contribution >= 4 is 5.69 Å². The van der Waals surface area contributed by atoms with Gasteiger partial charge in [0.2, 0.25) is 0 Å². The molecule has 0 radical (unpaired) electrons. The van der Waals surface area contributed by atoms with Gasteiger partial charge < -0.3 is 15.0 Å². The molecule has 1 atom stereocenters. The van der Waals surface area contributed by atoms with E-state index in [0.717, 1.165) is 37.8 Å². The maximum absolute atomic E-state index is 5.41. The predicted molar refractivity (Wildman–Crippen MR) is 71.7 cm³/mol. The topological polar surface area (TPSA) is 37.4 Å². The Morgan fingerprint density at radius 3 is 3.06 bits per heavy atom. The number of hydrogen-bond acceptors (Lipinski definition) is 4. The van der Waals surface area contributed by atoms with Crippen LogP contribution in [0.1, 0.15) is 25.0 Å². The molecule has 3 rings (SSSR count). The summed E-state index contributed by atoms with van der Waals surface area (Å²) in [5, 5.41) is 3.50. The van der Waals surface area contributed by atoms with Gasteiger partial charge in [-0.2, -0.15) is 0 Å². The van der Waals surface area contributed by atoms with Gasteiger partial charge in [-0.15, -0.1) is 0 Å². The van der Waals surface area contributed by atoms with Gasteiger partial charge in [0, 0.05) is 44.7 Å². The number of anilines is 1. The fourth-order valence-electron chi connectivity index (χ4n) is 2.45. The minimum atomic E-state index is 0.381. The third-order valence-electron chi connectivity index (χ3n) is 3.79. The SMILES string of the molecule is COC1CCN(c2ccnc(CNC3CC3)c2)C1. The second kappa shape index (κ2) is 5.24. The van der Waals surface area contributed by atoms with Crippen LogP contribution in [0.3, 0.4) is 0 Å². The number of aromatic nitrogens is 1. The van der Waals surface area contributed by atoms with Gasteiger partial charge in [0.15, 0.2) is 0 Å². The zero-order chi connectivity index (χ0) is 12.4. The summed E-state index contributed by atoms with van der Waals surface area (Å²) in [5.41, 5.74) is 2.41. The summed E-state index contributed by atoms with van der Waals surface area (Å²) < 4.78 is 5.41. The lowest BCUT2D eigenvalue weighted by molar-refractivity contribution is 0.121. The van der Waals surface area contributed by atoms with Crippen LogP contribution in [0.5, 0.6) is 0 Å². The van der Waals surface area contributed by atoms with Crippen LogP contribution in [0, 0.1) is 0 Å². The summed E-state index contributed by atoms with van der Waals surface area (Å²) in [6.07, 6.45) is 6.06. The summed E-state index contributed by atoms with van der Waals surface area (Å²) >= 11 is 0. The number of hydrogen-bond donors (Lipinski definition) is 1. The van der Waals surface area contributed by atoms with E-state index in [-0.39, 0.29) is 0 Å². The Bertz CT molecular complexity index is 406. The molecule has 4 heteroatoms. The molecule has 0 spiro atoms. The fourth-order valence-corrected chi connectivity index (χ4v) is 2.45. The van der Waals surface area contributed by atoms with Crippen molar-refractivity contribution in [3.05, 3.63) is 24.0 Å². The zero-order valence-electron chi connectivity index (χ0n) is 10.9. The smallest absolute Gasteiger partial charge is 0.0762 e. The van der Waals surface area contributed by atoms with Crippen molar-refractivity contribution in [2.24, 2.45) is 0 Å². The van der Waals surface area contributed by atoms with Crippen LogP contribution >= 0.6 is 0 Å². The molecule has 0 amide bonds. The largest absolute Gasteiger partial charge is 0.380 e. The highest BCUT2D eigenvalue weighted by Gasteiger charge is 2.23.